The summed E-state index contributed by atoms with van der Waals surface area (Å²) in [5, 5.41) is 6.15. The smallest absolute Gasteiger partial charge is 0.323 e. The number of amides is 2. The third-order valence-corrected chi connectivity index (χ3v) is 5.64. The first-order valence-corrected chi connectivity index (χ1v) is 10.9. The number of nitrogens with two attached hydrogens (primary N) is 1. The number of fused-ring (bicyclic) bond motifs is 1. The first-order valence-electron chi connectivity index (χ1n) is 10.1. The summed E-state index contributed by atoms with van der Waals surface area (Å²) in [6.45, 7) is 3.84. The van der Waals surface area contributed by atoms with Crippen LogP contribution in [0.4, 0.5) is 26.4 Å². The van der Waals surface area contributed by atoms with Gasteiger partial charge >= 0.3 is 6.03 Å². The highest BCUT2D eigenvalue weighted by atomic mass is 35.5. The summed E-state index contributed by atoms with van der Waals surface area (Å²) >= 11 is 11.9. The van der Waals surface area contributed by atoms with Gasteiger partial charge in [-0.25, -0.2) is 19.2 Å². The molecular weight excluding hydrogens is 482 g/mol. The predicted octanol–water partition coefficient (Wildman–Crippen LogP) is 5.92. The summed E-state index contributed by atoms with van der Waals surface area (Å²) in [5.41, 5.74) is 6.94. The number of hydrogen-bond acceptors (Lipinski definition) is 5. The summed E-state index contributed by atoms with van der Waals surface area (Å²) in [7, 11) is 0. The lowest BCUT2D eigenvalue weighted by molar-refractivity contribution is 0.103. The number of nitrogen functional groups attached to an aromatic ring is 1. The number of ketones is 1. The highest BCUT2D eigenvalue weighted by Crippen LogP contribution is 2.30. The number of aromatic nitrogens is 3. The molecule has 2 amide bonds. The van der Waals surface area contributed by atoms with E-state index in [9.17, 15) is 14.0 Å². The van der Waals surface area contributed by atoms with Gasteiger partial charge in [0.2, 0.25) is 0 Å². The summed E-state index contributed by atoms with van der Waals surface area (Å²) < 4.78 is 16.5. The molecule has 4 N–H and O–H groups in total. The van der Waals surface area contributed by atoms with E-state index in [1.807, 2.05) is 13.8 Å². The normalized spacial score (nSPS) is 11.1. The molecule has 34 heavy (non-hydrogen) atoms. The van der Waals surface area contributed by atoms with Crippen LogP contribution >= 0.6 is 23.2 Å². The number of halogens is 3. The molecule has 0 aliphatic rings. The van der Waals surface area contributed by atoms with Crippen LogP contribution in [0, 0.1) is 5.82 Å². The van der Waals surface area contributed by atoms with Gasteiger partial charge in [-0.15, -0.1) is 0 Å². The monoisotopic (exact) mass is 500 g/mol. The summed E-state index contributed by atoms with van der Waals surface area (Å²) in [6, 6.07) is 7.61. The molecule has 0 saturated heterocycles. The molecule has 0 bridgehead atoms. The third kappa shape index (κ3) is 4.52. The number of hydrogen-bond donors (Lipinski definition) is 3. The van der Waals surface area contributed by atoms with E-state index in [2.05, 4.69) is 20.6 Å². The molecule has 0 radical (unpaired) electrons. The Morgan fingerprint density at radius 2 is 1.82 bits per heavy atom. The molecule has 4 rings (SSSR count). The summed E-state index contributed by atoms with van der Waals surface area (Å²) in [4.78, 5) is 34.0. The lowest BCUT2D eigenvalue weighted by atomic mass is 10.0. The zero-order valence-electron chi connectivity index (χ0n) is 18.1. The second-order valence-corrected chi connectivity index (χ2v) is 8.57. The summed E-state index contributed by atoms with van der Waals surface area (Å²) in [5.74, 6) is -1.26. The Labute approximate surface area is 203 Å². The molecule has 0 spiro atoms. The molecule has 8 nitrogen and oxygen atoms in total. The number of urea groups is 1. The number of anilines is 3. The highest BCUT2D eigenvalue weighted by molar-refractivity contribution is 6.36. The minimum atomic E-state index is -0.752. The molecule has 0 fully saturated rings. The highest BCUT2D eigenvalue weighted by Gasteiger charge is 2.24. The molecule has 2 heterocycles. The zero-order valence-corrected chi connectivity index (χ0v) is 19.6. The number of nitrogens with one attached hydrogen (secondary N) is 2. The van der Waals surface area contributed by atoms with E-state index in [1.165, 1.54) is 24.5 Å². The van der Waals surface area contributed by atoms with E-state index in [-0.39, 0.29) is 33.7 Å². The SMILES string of the molecule is CC(C)n1cc(C(=O)c2cc(NC(=O)Nc3ccc(Cl)cc3Cl)ccc2F)c2c(N)ncnc21. The fraction of sp³-hybridized carbons (Fsp3) is 0.130. The lowest BCUT2D eigenvalue weighted by Gasteiger charge is -2.11. The van der Waals surface area contributed by atoms with Crippen LogP contribution in [0.2, 0.25) is 10.0 Å². The Morgan fingerprint density at radius 1 is 1.06 bits per heavy atom. The Morgan fingerprint density at radius 3 is 2.53 bits per heavy atom. The van der Waals surface area contributed by atoms with Gasteiger partial charge in [0.25, 0.3) is 0 Å². The van der Waals surface area contributed by atoms with E-state index in [0.29, 0.717) is 21.7 Å². The van der Waals surface area contributed by atoms with Crippen molar-refractivity contribution in [2.75, 3.05) is 16.4 Å². The van der Waals surface area contributed by atoms with Gasteiger partial charge in [-0.2, -0.15) is 0 Å². The van der Waals surface area contributed by atoms with Crippen molar-refractivity contribution in [3.05, 3.63) is 75.9 Å². The molecule has 4 aromatic rings. The van der Waals surface area contributed by atoms with E-state index in [4.69, 9.17) is 28.9 Å². The van der Waals surface area contributed by atoms with Crippen molar-refractivity contribution in [2.45, 2.75) is 19.9 Å². The van der Waals surface area contributed by atoms with E-state index in [0.717, 1.165) is 6.07 Å². The van der Waals surface area contributed by atoms with Gasteiger partial charge in [-0.05, 0) is 50.2 Å². The van der Waals surface area contributed by atoms with Gasteiger partial charge in [-0.3, -0.25) is 4.79 Å². The molecule has 0 saturated carbocycles. The van der Waals surface area contributed by atoms with Gasteiger partial charge in [0.15, 0.2) is 5.78 Å². The van der Waals surface area contributed by atoms with Gasteiger partial charge in [0.05, 0.1) is 27.2 Å². The fourth-order valence-corrected chi connectivity index (χ4v) is 3.93. The molecule has 2 aromatic carbocycles. The van der Waals surface area contributed by atoms with Crippen molar-refractivity contribution in [3.8, 4) is 0 Å². The molecule has 0 aliphatic heterocycles. The Balaban J connectivity index is 1.65. The number of carbonyl (C=O) groups is 2. The van der Waals surface area contributed by atoms with Crippen LogP contribution in [0.15, 0.2) is 48.9 Å². The number of rotatable bonds is 5. The van der Waals surface area contributed by atoms with Crippen LogP contribution in [-0.4, -0.2) is 26.3 Å². The zero-order chi connectivity index (χ0) is 24.6. The average molecular weight is 501 g/mol. The minimum Gasteiger partial charge on any atom is -0.383 e. The van der Waals surface area contributed by atoms with Gasteiger partial charge in [-0.1, -0.05) is 23.2 Å². The Hall–Kier alpha value is -3.69. The number of benzene rings is 2. The molecule has 2 aromatic heterocycles. The molecule has 174 valence electrons. The first-order chi connectivity index (χ1) is 16.2. The second kappa shape index (κ2) is 9.28. The van der Waals surface area contributed by atoms with Crippen molar-refractivity contribution in [3.63, 3.8) is 0 Å². The maximum Gasteiger partial charge on any atom is 0.323 e. The molecular formula is C23H19Cl2FN6O2. The number of nitrogens with zero attached hydrogens (tertiary/aromatic N) is 3. The van der Waals surface area contributed by atoms with Crippen molar-refractivity contribution >= 4 is 63.2 Å². The second-order valence-electron chi connectivity index (χ2n) is 7.73. The van der Waals surface area contributed by atoms with Crippen LogP contribution in [0.5, 0.6) is 0 Å². The maximum absolute atomic E-state index is 14.7. The van der Waals surface area contributed by atoms with E-state index in [1.54, 1.807) is 22.9 Å². The lowest BCUT2D eigenvalue weighted by Crippen LogP contribution is -2.20. The Bertz CT molecular complexity index is 1440. The fourth-order valence-electron chi connectivity index (χ4n) is 3.47. The van der Waals surface area contributed by atoms with E-state index >= 15 is 0 Å². The third-order valence-electron chi connectivity index (χ3n) is 5.09. The quantitative estimate of drug-likeness (QED) is 0.294. The van der Waals surface area contributed by atoms with Crippen molar-refractivity contribution in [2.24, 2.45) is 0 Å². The predicted molar refractivity (Wildman–Crippen MR) is 131 cm³/mol. The standard InChI is InChI=1S/C23H19Cl2FN6O2/c1-11(2)32-9-15(19-21(27)28-10-29-22(19)32)20(33)14-8-13(4-5-17(14)26)30-23(34)31-18-6-3-12(24)7-16(18)25/h3-11H,1-2H3,(H2,27,28,29)(H2,30,31,34). The molecule has 11 heteroatoms. The largest absolute Gasteiger partial charge is 0.383 e. The maximum atomic E-state index is 14.7. The molecule has 0 atom stereocenters. The first kappa shape index (κ1) is 23.5. The topological polar surface area (TPSA) is 115 Å². The van der Waals surface area contributed by atoms with Gasteiger partial charge < -0.3 is 20.9 Å². The van der Waals surface area contributed by atoms with Crippen LogP contribution < -0.4 is 16.4 Å². The van der Waals surface area contributed by atoms with E-state index < -0.39 is 17.6 Å². The summed E-state index contributed by atoms with van der Waals surface area (Å²) in [6.07, 6.45) is 2.89. The Kier molecular flexibility index (Phi) is 6.41. The van der Waals surface area contributed by atoms with Crippen molar-refractivity contribution in [1.29, 1.82) is 0 Å². The van der Waals surface area contributed by atoms with Crippen LogP contribution in [-0.2, 0) is 0 Å². The van der Waals surface area contributed by atoms with Crippen LogP contribution in [0.1, 0.15) is 35.8 Å². The van der Waals surface area contributed by atoms with Crippen LogP contribution in [0.25, 0.3) is 11.0 Å². The van der Waals surface area contributed by atoms with Gasteiger partial charge in [0.1, 0.15) is 23.6 Å². The van der Waals surface area contributed by atoms with Crippen LogP contribution in [0.3, 0.4) is 0 Å². The van der Waals surface area contributed by atoms with Gasteiger partial charge in [0, 0.05) is 22.9 Å². The van der Waals surface area contributed by atoms with Crippen molar-refractivity contribution < 1.29 is 14.0 Å². The minimum absolute atomic E-state index is 0.0282. The average Bonchev–Trinajstić information content (AvgIpc) is 3.18. The number of carbonyl (C=O) groups excluding carboxylic acids is 2. The molecule has 0 aliphatic carbocycles. The molecule has 0 unspecified atom stereocenters. The van der Waals surface area contributed by atoms with Crippen molar-refractivity contribution in [1.82, 2.24) is 14.5 Å².